The summed E-state index contributed by atoms with van der Waals surface area (Å²) in [5, 5.41) is 9.22. The van der Waals surface area contributed by atoms with Crippen LogP contribution in [0.25, 0.3) is 0 Å². The average molecular weight is 279 g/mol. The molecule has 0 atom stereocenters. The van der Waals surface area contributed by atoms with Gasteiger partial charge in [0, 0.05) is 5.41 Å². The molecule has 18 heavy (non-hydrogen) atoms. The van der Waals surface area contributed by atoms with Crippen LogP contribution in [0.1, 0.15) is 25.7 Å². The summed E-state index contributed by atoms with van der Waals surface area (Å²) in [7, 11) is 0. The monoisotopic (exact) mass is 279 g/mol. The first-order chi connectivity index (χ1) is 8.03. The summed E-state index contributed by atoms with van der Waals surface area (Å²) in [4.78, 5) is 0. The third kappa shape index (κ3) is 3.09. The van der Waals surface area contributed by atoms with Crippen LogP contribution >= 0.6 is 0 Å². The van der Waals surface area contributed by atoms with E-state index in [0.717, 1.165) is 0 Å². The summed E-state index contributed by atoms with van der Waals surface area (Å²) in [6, 6.07) is 0. The molecular formula is C10H15F6NO. The summed E-state index contributed by atoms with van der Waals surface area (Å²) in [5.74, 6) is -3.42. The smallest absolute Gasteiger partial charge is 0.393 e. The quantitative estimate of drug-likeness (QED) is 0.763. The number of alkyl halides is 6. The van der Waals surface area contributed by atoms with E-state index in [0.29, 0.717) is 0 Å². The van der Waals surface area contributed by atoms with Crippen LogP contribution in [0, 0.1) is 11.3 Å². The van der Waals surface area contributed by atoms with Gasteiger partial charge >= 0.3 is 12.4 Å². The first-order valence-electron chi connectivity index (χ1n) is 5.54. The van der Waals surface area contributed by atoms with Gasteiger partial charge < -0.3 is 10.8 Å². The standard InChI is InChI=1S/C10H15F6NO/c11-9(12,13)7(10(14,15)16)8(5-17)3-1-6(18)2-4-8/h6-7,18H,1-5,17H2. The van der Waals surface area contributed by atoms with Gasteiger partial charge in [0.05, 0.1) is 6.10 Å². The van der Waals surface area contributed by atoms with E-state index in [1.54, 1.807) is 0 Å². The number of rotatable bonds is 2. The van der Waals surface area contributed by atoms with Crippen molar-refractivity contribution in [2.45, 2.75) is 44.1 Å². The number of aliphatic hydroxyl groups excluding tert-OH is 1. The molecule has 0 radical (unpaired) electrons. The predicted molar refractivity (Wildman–Crippen MR) is 51.6 cm³/mol. The fraction of sp³-hybridized carbons (Fsp3) is 1.00. The topological polar surface area (TPSA) is 46.2 Å². The number of hydrogen-bond donors (Lipinski definition) is 2. The highest BCUT2D eigenvalue weighted by atomic mass is 19.4. The largest absolute Gasteiger partial charge is 0.401 e. The number of nitrogens with two attached hydrogens (primary N) is 1. The molecule has 8 heteroatoms. The van der Waals surface area contributed by atoms with Gasteiger partial charge in [-0.3, -0.25) is 0 Å². The molecule has 1 aliphatic rings. The molecule has 0 unspecified atom stereocenters. The van der Waals surface area contributed by atoms with Crippen molar-refractivity contribution < 1.29 is 31.4 Å². The molecule has 0 aromatic carbocycles. The number of aliphatic hydroxyl groups is 1. The van der Waals surface area contributed by atoms with Crippen LogP contribution in [0.3, 0.4) is 0 Å². The Kier molecular flexibility index (Phi) is 4.22. The first kappa shape index (κ1) is 15.6. The molecule has 0 saturated heterocycles. The van der Waals surface area contributed by atoms with E-state index >= 15 is 0 Å². The highest BCUT2D eigenvalue weighted by Crippen LogP contribution is 2.54. The van der Waals surface area contributed by atoms with Gasteiger partial charge in [-0.25, -0.2) is 0 Å². The molecule has 0 aromatic heterocycles. The van der Waals surface area contributed by atoms with Crippen molar-refractivity contribution in [2.24, 2.45) is 17.1 Å². The summed E-state index contributed by atoms with van der Waals surface area (Å²) in [6.07, 6.45) is -12.5. The van der Waals surface area contributed by atoms with Crippen molar-refractivity contribution in [1.29, 1.82) is 0 Å². The normalized spacial score (nSPS) is 30.8. The molecule has 0 aliphatic heterocycles. The fourth-order valence-electron chi connectivity index (χ4n) is 2.67. The van der Waals surface area contributed by atoms with Crippen LogP contribution in [0.4, 0.5) is 26.3 Å². The number of hydrogen-bond acceptors (Lipinski definition) is 2. The Morgan fingerprint density at radius 2 is 1.44 bits per heavy atom. The van der Waals surface area contributed by atoms with E-state index in [1.165, 1.54) is 0 Å². The van der Waals surface area contributed by atoms with Crippen LogP contribution in [0.5, 0.6) is 0 Å². The molecule has 108 valence electrons. The predicted octanol–water partition coefficient (Wildman–Crippen LogP) is 2.61. The van der Waals surface area contributed by atoms with Crippen LogP contribution in [-0.4, -0.2) is 30.1 Å². The van der Waals surface area contributed by atoms with E-state index < -0.39 is 36.3 Å². The van der Waals surface area contributed by atoms with Crippen LogP contribution < -0.4 is 5.73 Å². The van der Waals surface area contributed by atoms with Gasteiger partial charge in [-0.15, -0.1) is 0 Å². The zero-order valence-electron chi connectivity index (χ0n) is 9.48. The van der Waals surface area contributed by atoms with Crippen LogP contribution in [-0.2, 0) is 0 Å². The fourth-order valence-corrected chi connectivity index (χ4v) is 2.67. The summed E-state index contributed by atoms with van der Waals surface area (Å²) in [5.41, 5.74) is 3.15. The van der Waals surface area contributed by atoms with E-state index in [1.807, 2.05) is 0 Å². The molecular weight excluding hydrogens is 264 g/mol. The lowest BCUT2D eigenvalue weighted by atomic mass is 9.64. The Hall–Kier alpha value is -0.500. The Labute approximate surface area is 100 Å². The second-order valence-corrected chi connectivity index (χ2v) is 4.81. The third-order valence-electron chi connectivity index (χ3n) is 3.62. The van der Waals surface area contributed by atoms with Crippen molar-refractivity contribution in [2.75, 3.05) is 6.54 Å². The maximum Gasteiger partial charge on any atom is 0.401 e. The minimum atomic E-state index is -5.38. The van der Waals surface area contributed by atoms with Gasteiger partial charge in [0.2, 0.25) is 0 Å². The van der Waals surface area contributed by atoms with Gasteiger partial charge in [-0.05, 0) is 32.2 Å². The van der Waals surface area contributed by atoms with E-state index in [4.69, 9.17) is 5.73 Å². The molecule has 0 spiro atoms. The maximum absolute atomic E-state index is 12.7. The second-order valence-electron chi connectivity index (χ2n) is 4.81. The zero-order valence-corrected chi connectivity index (χ0v) is 9.48. The molecule has 2 nitrogen and oxygen atoms in total. The SMILES string of the molecule is NCC1(C(C(F)(F)F)C(F)(F)F)CCC(O)CC1. The molecule has 3 N–H and O–H groups in total. The van der Waals surface area contributed by atoms with Gasteiger partial charge in [0.1, 0.15) is 0 Å². The Bertz CT molecular complexity index is 265. The van der Waals surface area contributed by atoms with E-state index in [-0.39, 0.29) is 25.7 Å². The minimum absolute atomic E-state index is 0.0835. The highest BCUT2D eigenvalue weighted by Gasteiger charge is 2.65. The van der Waals surface area contributed by atoms with Crippen LogP contribution in [0.15, 0.2) is 0 Å². The van der Waals surface area contributed by atoms with Crippen molar-refractivity contribution in [3.8, 4) is 0 Å². The summed E-state index contributed by atoms with van der Waals surface area (Å²) < 4.78 is 76.1. The molecule has 0 bridgehead atoms. The van der Waals surface area contributed by atoms with Crippen LogP contribution in [0.2, 0.25) is 0 Å². The van der Waals surface area contributed by atoms with Crippen molar-refractivity contribution in [3.63, 3.8) is 0 Å². The summed E-state index contributed by atoms with van der Waals surface area (Å²) in [6.45, 7) is -0.691. The van der Waals surface area contributed by atoms with Gasteiger partial charge in [-0.1, -0.05) is 0 Å². The lowest BCUT2D eigenvalue weighted by Gasteiger charge is -2.45. The zero-order chi connectivity index (χ0) is 14.2. The van der Waals surface area contributed by atoms with Crippen molar-refractivity contribution in [3.05, 3.63) is 0 Å². The van der Waals surface area contributed by atoms with E-state index in [2.05, 4.69) is 0 Å². The molecule has 0 aromatic rings. The Balaban J connectivity index is 3.09. The Morgan fingerprint density at radius 3 is 1.72 bits per heavy atom. The van der Waals surface area contributed by atoms with E-state index in [9.17, 15) is 31.4 Å². The molecule has 1 saturated carbocycles. The highest BCUT2D eigenvalue weighted by molar-refractivity contribution is 4.97. The van der Waals surface area contributed by atoms with Gasteiger partial charge in [0.15, 0.2) is 5.92 Å². The molecule has 0 amide bonds. The molecule has 0 heterocycles. The summed E-state index contributed by atoms with van der Waals surface area (Å²) >= 11 is 0. The lowest BCUT2D eigenvalue weighted by Crippen LogP contribution is -2.54. The second kappa shape index (κ2) is 4.88. The van der Waals surface area contributed by atoms with Crippen molar-refractivity contribution in [1.82, 2.24) is 0 Å². The maximum atomic E-state index is 12.7. The molecule has 1 fully saturated rings. The van der Waals surface area contributed by atoms with Crippen molar-refractivity contribution >= 4 is 0 Å². The molecule has 1 aliphatic carbocycles. The third-order valence-corrected chi connectivity index (χ3v) is 3.62. The minimum Gasteiger partial charge on any atom is -0.393 e. The van der Waals surface area contributed by atoms with Gasteiger partial charge in [-0.2, -0.15) is 26.3 Å². The average Bonchev–Trinajstić information content (AvgIpc) is 2.17. The van der Waals surface area contributed by atoms with Gasteiger partial charge in [0.25, 0.3) is 0 Å². The molecule has 1 rings (SSSR count). The number of halogens is 6. The lowest BCUT2D eigenvalue weighted by molar-refractivity contribution is -0.319. The Morgan fingerprint density at radius 1 is 1.06 bits per heavy atom. The first-order valence-corrected chi connectivity index (χ1v) is 5.54.